The summed E-state index contributed by atoms with van der Waals surface area (Å²) in [7, 11) is 0. The zero-order valence-corrected chi connectivity index (χ0v) is 10.2. The number of aromatic nitrogens is 3. The van der Waals surface area contributed by atoms with Gasteiger partial charge in [-0.15, -0.1) is 5.10 Å². The molecule has 4 nitrogen and oxygen atoms in total. The van der Waals surface area contributed by atoms with Crippen LogP contribution in [-0.4, -0.2) is 20.8 Å². The van der Waals surface area contributed by atoms with E-state index in [0.717, 1.165) is 5.69 Å². The quantitative estimate of drug-likeness (QED) is 0.676. The minimum atomic E-state index is -0.0987. The third-order valence-corrected chi connectivity index (χ3v) is 3.18. The van der Waals surface area contributed by atoms with Crippen molar-refractivity contribution in [2.24, 2.45) is 0 Å². The predicted octanol–water partition coefficient (Wildman–Crippen LogP) is 2.56. The number of rotatable bonds is 3. The summed E-state index contributed by atoms with van der Waals surface area (Å²) in [6.45, 7) is 0. The number of hydrogen-bond donors (Lipinski definition) is 0. The first-order valence-corrected chi connectivity index (χ1v) is 6.33. The molecule has 0 radical (unpaired) electrons. The maximum absolute atomic E-state index is 12.0. The molecule has 3 aromatic rings. The van der Waals surface area contributed by atoms with Gasteiger partial charge in [-0.2, -0.15) is 21.2 Å². The van der Waals surface area contributed by atoms with Gasteiger partial charge in [0.25, 0.3) is 0 Å². The van der Waals surface area contributed by atoms with E-state index in [1.807, 2.05) is 41.1 Å². The molecule has 0 N–H and O–H groups in total. The summed E-state index contributed by atoms with van der Waals surface area (Å²) in [5.74, 6) is -0.0987. The highest BCUT2D eigenvalue weighted by Gasteiger charge is 2.13. The average Bonchev–Trinajstić information content (AvgIpc) is 3.10. The lowest BCUT2D eigenvalue weighted by atomic mass is 10.2. The van der Waals surface area contributed by atoms with Crippen LogP contribution in [0.5, 0.6) is 0 Å². The number of thiophene rings is 1. The van der Waals surface area contributed by atoms with Crippen LogP contribution in [0, 0.1) is 0 Å². The minimum absolute atomic E-state index is 0.0987. The Hall–Kier alpha value is -2.27. The molecule has 0 saturated carbocycles. The summed E-state index contributed by atoms with van der Waals surface area (Å²) < 4.78 is 0. The van der Waals surface area contributed by atoms with Gasteiger partial charge in [0.2, 0.25) is 5.78 Å². The number of nitrogens with zero attached hydrogens (tertiary/aromatic N) is 3. The molecule has 5 heteroatoms. The first kappa shape index (κ1) is 10.9. The lowest BCUT2D eigenvalue weighted by Gasteiger charge is -1.97. The monoisotopic (exact) mass is 255 g/mol. The van der Waals surface area contributed by atoms with Gasteiger partial charge >= 0.3 is 0 Å². The van der Waals surface area contributed by atoms with Gasteiger partial charge in [0.05, 0.1) is 11.9 Å². The summed E-state index contributed by atoms with van der Waals surface area (Å²) >= 11 is 1.49. The maximum atomic E-state index is 12.0. The second kappa shape index (κ2) is 4.54. The Morgan fingerprint density at radius 1 is 1.17 bits per heavy atom. The maximum Gasteiger partial charge on any atom is 0.215 e. The van der Waals surface area contributed by atoms with Crippen LogP contribution in [0.4, 0.5) is 0 Å². The standard InChI is InChI=1S/C13H9N3OS/c17-13(10-6-7-18-9-10)12-8-14-16(15-12)11-4-2-1-3-5-11/h1-9H. The Kier molecular flexibility index (Phi) is 2.74. The summed E-state index contributed by atoms with van der Waals surface area (Å²) in [6.07, 6.45) is 1.49. The van der Waals surface area contributed by atoms with Crippen molar-refractivity contribution in [3.63, 3.8) is 0 Å². The molecule has 0 fully saturated rings. The normalized spacial score (nSPS) is 10.4. The average molecular weight is 255 g/mol. The van der Waals surface area contributed by atoms with E-state index in [-0.39, 0.29) is 5.78 Å². The smallest absolute Gasteiger partial charge is 0.215 e. The van der Waals surface area contributed by atoms with Crippen LogP contribution in [0.1, 0.15) is 16.1 Å². The van der Waals surface area contributed by atoms with Crippen molar-refractivity contribution < 1.29 is 4.79 Å². The van der Waals surface area contributed by atoms with Crippen LogP contribution in [-0.2, 0) is 0 Å². The first-order valence-electron chi connectivity index (χ1n) is 5.39. The highest BCUT2D eigenvalue weighted by Crippen LogP contribution is 2.12. The molecule has 0 aliphatic rings. The number of carbonyl (C=O) groups is 1. The molecule has 0 aliphatic carbocycles. The minimum Gasteiger partial charge on any atom is -0.287 e. The molecule has 3 rings (SSSR count). The highest BCUT2D eigenvalue weighted by molar-refractivity contribution is 7.08. The number of benzene rings is 1. The van der Waals surface area contributed by atoms with E-state index in [2.05, 4.69) is 10.2 Å². The summed E-state index contributed by atoms with van der Waals surface area (Å²) in [4.78, 5) is 13.5. The molecule has 0 spiro atoms. The molecule has 0 unspecified atom stereocenters. The second-order valence-electron chi connectivity index (χ2n) is 3.70. The zero-order valence-electron chi connectivity index (χ0n) is 9.35. The first-order chi connectivity index (χ1) is 8.84. The lowest BCUT2D eigenvalue weighted by molar-refractivity contribution is 0.103. The van der Waals surface area contributed by atoms with Crippen molar-refractivity contribution in [3.8, 4) is 5.69 Å². The van der Waals surface area contributed by atoms with Crippen LogP contribution in [0.3, 0.4) is 0 Å². The molecule has 0 atom stereocenters. The predicted molar refractivity (Wildman–Crippen MR) is 69.1 cm³/mol. The second-order valence-corrected chi connectivity index (χ2v) is 4.48. The SMILES string of the molecule is O=C(c1ccsc1)c1cnn(-c2ccccc2)n1. The van der Waals surface area contributed by atoms with E-state index < -0.39 is 0 Å². The van der Waals surface area contributed by atoms with Crippen molar-refractivity contribution in [2.75, 3.05) is 0 Å². The van der Waals surface area contributed by atoms with Crippen LogP contribution >= 0.6 is 11.3 Å². The molecule has 0 aliphatic heterocycles. The third-order valence-electron chi connectivity index (χ3n) is 2.49. The lowest BCUT2D eigenvalue weighted by Crippen LogP contribution is -2.03. The Morgan fingerprint density at radius 2 is 2.00 bits per heavy atom. The van der Waals surface area contributed by atoms with Gasteiger partial charge in [0.15, 0.2) is 5.69 Å². The topological polar surface area (TPSA) is 47.8 Å². The Balaban J connectivity index is 1.93. The van der Waals surface area contributed by atoms with Gasteiger partial charge in [-0.1, -0.05) is 18.2 Å². The molecule has 0 bridgehead atoms. The van der Waals surface area contributed by atoms with E-state index >= 15 is 0 Å². The molecule has 1 aromatic carbocycles. The molecule has 0 saturated heterocycles. The molecule has 18 heavy (non-hydrogen) atoms. The number of para-hydroxylation sites is 1. The molecule has 2 heterocycles. The molecular weight excluding hydrogens is 246 g/mol. The van der Waals surface area contributed by atoms with Crippen molar-refractivity contribution in [1.82, 2.24) is 15.0 Å². The van der Waals surface area contributed by atoms with Crippen molar-refractivity contribution in [3.05, 3.63) is 64.6 Å². The van der Waals surface area contributed by atoms with Crippen LogP contribution in [0.2, 0.25) is 0 Å². The van der Waals surface area contributed by atoms with Crippen molar-refractivity contribution >= 4 is 17.1 Å². The Labute approximate surface area is 108 Å². The van der Waals surface area contributed by atoms with Crippen LogP contribution < -0.4 is 0 Å². The molecule has 0 amide bonds. The van der Waals surface area contributed by atoms with E-state index in [0.29, 0.717) is 11.3 Å². The van der Waals surface area contributed by atoms with E-state index in [4.69, 9.17) is 0 Å². The van der Waals surface area contributed by atoms with Gasteiger partial charge in [0.1, 0.15) is 0 Å². The van der Waals surface area contributed by atoms with Gasteiger partial charge in [-0.25, -0.2) is 0 Å². The highest BCUT2D eigenvalue weighted by atomic mass is 32.1. The van der Waals surface area contributed by atoms with Crippen molar-refractivity contribution in [2.45, 2.75) is 0 Å². The fourth-order valence-electron chi connectivity index (χ4n) is 1.59. The van der Waals surface area contributed by atoms with Gasteiger partial charge in [0, 0.05) is 10.9 Å². The van der Waals surface area contributed by atoms with E-state index in [1.54, 1.807) is 6.07 Å². The summed E-state index contributed by atoms with van der Waals surface area (Å²) in [5, 5.41) is 12.0. The molecule has 2 aromatic heterocycles. The Morgan fingerprint density at radius 3 is 2.72 bits per heavy atom. The van der Waals surface area contributed by atoms with Crippen LogP contribution in [0.25, 0.3) is 5.69 Å². The van der Waals surface area contributed by atoms with Gasteiger partial charge < -0.3 is 0 Å². The van der Waals surface area contributed by atoms with Gasteiger partial charge in [-0.3, -0.25) is 4.79 Å². The number of ketones is 1. The largest absolute Gasteiger partial charge is 0.287 e. The fourth-order valence-corrected chi connectivity index (χ4v) is 2.23. The third kappa shape index (κ3) is 1.96. The fraction of sp³-hybridized carbons (Fsp3) is 0. The van der Waals surface area contributed by atoms with Crippen LogP contribution in [0.15, 0.2) is 53.4 Å². The van der Waals surface area contributed by atoms with E-state index in [1.165, 1.54) is 22.3 Å². The molecular formula is C13H9N3OS. The Bertz CT molecular complexity index is 659. The van der Waals surface area contributed by atoms with Gasteiger partial charge in [-0.05, 0) is 23.6 Å². The number of carbonyl (C=O) groups excluding carboxylic acids is 1. The summed E-state index contributed by atoms with van der Waals surface area (Å²) in [5.41, 5.74) is 1.85. The number of hydrogen-bond acceptors (Lipinski definition) is 4. The molecule has 88 valence electrons. The summed E-state index contributed by atoms with van der Waals surface area (Å²) in [6, 6.07) is 11.3. The van der Waals surface area contributed by atoms with Crippen molar-refractivity contribution in [1.29, 1.82) is 0 Å². The zero-order chi connectivity index (χ0) is 12.4. The van der Waals surface area contributed by atoms with E-state index in [9.17, 15) is 4.79 Å².